The van der Waals surface area contributed by atoms with Crippen LogP contribution in [0.5, 0.6) is 0 Å². The van der Waals surface area contributed by atoms with Crippen molar-refractivity contribution >= 4 is 11.7 Å². The predicted molar refractivity (Wildman–Crippen MR) is 63.4 cm³/mol. The topological polar surface area (TPSA) is 70.1 Å². The number of aromatic nitrogens is 2. The first-order chi connectivity index (χ1) is 9.02. The minimum absolute atomic E-state index is 0.0369. The highest BCUT2D eigenvalue weighted by molar-refractivity contribution is 5.92. The third-order valence-corrected chi connectivity index (χ3v) is 2.53. The highest BCUT2D eigenvalue weighted by Gasteiger charge is 2.16. The standard InChI is InChI=1S/C12H11F2N3O2/c1-19-12(18)11-9(15)6-17(16-11)5-7-3-2-4-8(13)10(7)14/h2-4,6H,5,15H2,1H3. The predicted octanol–water partition coefficient (Wildman–Crippen LogP) is 1.58. The van der Waals surface area contributed by atoms with E-state index < -0.39 is 17.6 Å². The van der Waals surface area contributed by atoms with Crippen LogP contribution in [0, 0.1) is 11.6 Å². The Morgan fingerprint density at radius 2 is 2.21 bits per heavy atom. The van der Waals surface area contributed by atoms with Gasteiger partial charge in [0, 0.05) is 11.8 Å². The Labute approximate surface area is 107 Å². The number of hydrogen-bond acceptors (Lipinski definition) is 4. The highest BCUT2D eigenvalue weighted by atomic mass is 19.2. The van der Waals surface area contributed by atoms with Gasteiger partial charge in [0.25, 0.3) is 0 Å². The summed E-state index contributed by atoms with van der Waals surface area (Å²) in [5.74, 6) is -2.57. The number of carbonyl (C=O) groups is 1. The summed E-state index contributed by atoms with van der Waals surface area (Å²) < 4.78 is 32.3. The average Bonchev–Trinajstić information content (AvgIpc) is 2.75. The van der Waals surface area contributed by atoms with E-state index >= 15 is 0 Å². The lowest BCUT2D eigenvalue weighted by Gasteiger charge is -2.03. The Bertz CT molecular complexity index is 625. The van der Waals surface area contributed by atoms with Crippen LogP contribution in [0.1, 0.15) is 16.1 Å². The summed E-state index contributed by atoms with van der Waals surface area (Å²) in [5.41, 5.74) is 5.76. The molecule has 1 heterocycles. The lowest BCUT2D eigenvalue weighted by atomic mass is 10.2. The van der Waals surface area contributed by atoms with Gasteiger partial charge >= 0.3 is 5.97 Å². The smallest absolute Gasteiger partial charge is 0.360 e. The molecule has 7 heteroatoms. The molecule has 5 nitrogen and oxygen atoms in total. The Hall–Kier alpha value is -2.44. The van der Waals surface area contributed by atoms with Crippen molar-refractivity contribution in [1.29, 1.82) is 0 Å². The van der Waals surface area contributed by atoms with Crippen LogP contribution in [0.2, 0.25) is 0 Å². The number of nitrogen functional groups attached to an aromatic ring is 1. The van der Waals surface area contributed by atoms with Crippen molar-refractivity contribution in [3.8, 4) is 0 Å². The van der Waals surface area contributed by atoms with Gasteiger partial charge in [-0.1, -0.05) is 12.1 Å². The number of nitrogens with zero attached hydrogens (tertiary/aromatic N) is 2. The number of nitrogens with two attached hydrogens (primary N) is 1. The Morgan fingerprint density at radius 3 is 2.89 bits per heavy atom. The van der Waals surface area contributed by atoms with Crippen molar-refractivity contribution in [2.45, 2.75) is 6.54 Å². The number of carbonyl (C=O) groups excluding carboxylic acids is 1. The maximum absolute atomic E-state index is 13.5. The zero-order valence-corrected chi connectivity index (χ0v) is 10.1. The van der Waals surface area contributed by atoms with Gasteiger partial charge in [-0.05, 0) is 6.07 Å². The van der Waals surface area contributed by atoms with E-state index in [2.05, 4.69) is 9.84 Å². The average molecular weight is 267 g/mol. The number of rotatable bonds is 3. The van der Waals surface area contributed by atoms with Crippen LogP contribution in [0.15, 0.2) is 24.4 Å². The molecule has 0 spiro atoms. The van der Waals surface area contributed by atoms with Crippen molar-refractivity contribution in [3.63, 3.8) is 0 Å². The molecule has 0 aliphatic carbocycles. The molecule has 0 radical (unpaired) electrons. The summed E-state index contributed by atoms with van der Waals surface area (Å²) in [4.78, 5) is 11.3. The Kier molecular flexibility index (Phi) is 3.46. The molecule has 0 saturated heterocycles. The van der Waals surface area contributed by atoms with Crippen molar-refractivity contribution in [2.75, 3.05) is 12.8 Å². The fourth-order valence-corrected chi connectivity index (χ4v) is 1.62. The van der Waals surface area contributed by atoms with Gasteiger partial charge in [-0.3, -0.25) is 4.68 Å². The Balaban J connectivity index is 2.29. The molecular weight excluding hydrogens is 256 g/mol. The fourth-order valence-electron chi connectivity index (χ4n) is 1.62. The highest BCUT2D eigenvalue weighted by Crippen LogP contribution is 2.15. The molecule has 100 valence electrons. The van der Waals surface area contributed by atoms with E-state index in [1.807, 2.05) is 0 Å². The maximum Gasteiger partial charge on any atom is 0.360 e. The van der Waals surface area contributed by atoms with Gasteiger partial charge in [-0.25, -0.2) is 13.6 Å². The molecular formula is C12H11F2N3O2. The van der Waals surface area contributed by atoms with Crippen molar-refractivity contribution in [2.24, 2.45) is 0 Å². The minimum atomic E-state index is -0.948. The van der Waals surface area contributed by atoms with Crippen molar-refractivity contribution in [3.05, 3.63) is 47.3 Å². The number of hydrogen-bond donors (Lipinski definition) is 1. The van der Waals surface area contributed by atoms with Gasteiger partial charge in [0.05, 0.1) is 19.3 Å². The molecule has 19 heavy (non-hydrogen) atoms. The minimum Gasteiger partial charge on any atom is -0.464 e. The van der Waals surface area contributed by atoms with Gasteiger partial charge in [0.2, 0.25) is 0 Å². The zero-order chi connectivity index (χ0) is 14.0. The van der Waals surface area contributed by atoms with Crippen LogP contribution in [-0.4, -0.2) is 22.9 Å². The second-order valence-corrected chi connectivity index (χ2v) is 3.84. The second-order valence-electron chi connectivity index (χ2n) is 3.84. The lowest BCUT2D eigenvalue weighted by Crippen LogP contribution is -2.08. The maximum atomic E-state index is 13.5. The molecule has 1 aromatic heterocycles. The van der Waals surface area contributed by atoms with Crippen LogP contribution >= 0.6 is 0 Å². The largest absolute Gasteiger partial charge is 0.464 e. The zero-order valence-electron chi connectivity index (χ0n) is 10.1. The number of methoxy groups -OCH3 is 1. The van der Waals surface area contributed by atoms with E-state index in [9.17, 15) is 13.6 Å². The molecule has 1 aromatic carbocycles. The summed E-state index contributed by atoms with van der Waals surface area (Å²) >= 11 is 0. The van der Waals surface area contributed by atoms with Crippen LogP contribution in [-0.2, 0) is 11.3 Å². The molecule has 2 aromatic rings. The Morgan fingerprint density at radius 1 is 1.47 bits per heavy atom. The molecule has 0 unspecified atom stereocenters. The summed E-state index contributed by atoms with van der Waals surface area (Å²) in [5, 5.41) is 3.87. The molecule has 0 saturated carbocycles. The summed E-state index contributed by atoms with van der Waals surface area (Å²) in [7, 11) is 1.20. The van der Waals surface area contributed by atoms with Crippen molar-refractivity contribution < 1.29 is 18.3 Å². The molecule has 0 bridgehead atoms. The van der Waals surface area contributed by atoms with Crippen molar-refractivity contribution in [1.82, 2.24) is 9.78 Å². The van der Waals surface area contributed by atoms with Crippen LogP contribution in [0.25, 0.3) is 0 Å². The summed E-state index contributed by atoms with van der Waals surface area (Å²) in [6, 6.07) is 3.84. The third kappa shape index (κ3) is 2.54. The van der Waals surface area contributed by atoms with Crippen LogP contribution < -0.4 is 5.73 Å². The molecule has 0 amide bonds. The van der Waals surface area contributed by atoms with E-state index in [0.717, 1.165) is 6.07 Å². The molecule has 0 atom stereocenters. The van der Waals surface area contributed by atoms with E-state index in [0.29, 0.717) is 0 Å². The third-order valence-electron chi connectivity index (χ3n) is 2.53. The SMILES string of the molecule is COC(=O)c1nn(Cc2cccc(F)c2F)cc1N. The first kappa shape index (κ1) is 13.0. The summed E-state index contributed by atoms with van der Waals surface area (Å²) in [6.45, 7) is -0.0369. The normalized spacial score (nSPS) is 10.5. The lowest BCUT2D eigenvalue weighted by molar-refractivity contribution is 0.0594. The number of halogens is 2. The number of esters is 1. The van der Waals surface area contributed by atoms with E-state index in [1.165, 1.54) is 30.1 Å². The van der Waals surface area contributed by atoms with E-state index in [1.54, 1.807) is 0 Å². The quantitative estimate of drug-likeness (QED) is 0.857. The van der Waals surface area contributed by atoms with E-state index in [4.69, 9.17) is 5.73 Å². The molecule has 0 fully saturated rings. The number of benzene rings is 1. The van der Waals surface area contributed by atoms with Gasteiger partial charge in [0.1, 0.15) is 0 Å². The molecule has 0 aliphatic heterocycles. The molecule has 2 rings (SSSR count). The summed E-state index contributed by atoms with van der Waals surface area (Å²) in [6.07, 6.45) is 1.36. The molecule has 0 aliphatic rings. The first-order valence-electron chi connectivity index (χ1n) is 5.37. The second kappa shape index (κ2) is 5.05. The first-order valence-corrected chi connectivity index (χ1v) is 5.37. The van der Waals surface area contributed by atoms with Gasteiger partial charge in [0.15, 0.2) is 17.3 Å². The fraction of sp³-hybridized carbons (Fsp3) is 0.167. The molecule has 2 N–H and O–H groups in total. The van der Waals surface area contributed by atoms with Gasteiger partial charge in [-0.15, -0.1) is 0 Å². The number of anilines is 1. The van der Waals surface area contributed by atoms with Crippen LogP contribution in [0.3, 0.4) is 0 Å². The van der Waals surface area contributed by atoms with Gasteiger partial charge < -0.3 is 10.5 Å². The monoisotopic (exact) mass is 267 g/mol. The number of ether oxygens (including phenoxy) is 1. The van der Waals surface area contributed by atoms with Gasteiger partial charge in [-0.2, -0.15) is 5.10 Å². The van der Waals surface area contributed by atoms with Crippen LogP contribution in [0.4, 0.5) is 14.5 Å². The van der Waals surface area contributed by atoms with E-state index in [-0.39, 0.29) is 23.5 Å².